The lowest BCUT2D eigenvalue weighted by Crippen LogP contribution is -2.08. The molecule has 1 unspecified atom stereocenters. The Hall–Kier alpha value is -0.120. The molecule has 116 valence electrons. The molecule has 0 heterocycles. The fourth-order valence-corrected chi connectivity index (χ4v) is 2.26. The molecule has 0 saturated heterocycles. The van der Waals surface area contributed by atoms with Crippen LogP contribution in [0.4, 0.5) is 0 Å². The van der Waals surface area contributed by atoms with Crippen molar-refractivity contribution >= 4 is 0 Å². The Bertz CT molecular complexity index is 162. The van der Waals surface area contributed by atoms with Crippen LogP contribution in [0.3, 0.4) is 0 Å². The molecule has 0 saturated carbocycles. The molecule has 0 fully saturated rings. The predicted molar refractivity (Wildman–Crippen MR) is 80.4 cm³/mol. The minimum atomic E-state index is -0.296. The molecule has 0 aromatic carbocycles. The van der Waals surface area contributed by atoms with Crippen molar-refractivity contribution in [2.75, 3.05) is 19.8 Å². The zero-order valence-corrected chi connectivity index (χ0v) is 12.8. The van der Waals surface area contributed by atoms with E-state index in [0.29, 0.717) is 6.42 Å². The quantitative estimate of drug-likeness (QED) is 0.448. The highest BCUT2D eigenvalue weighted by atomic mass is 16.5. The van der Waals surface area contributed by atoms with Crippen molar-refractivity contribution in [3.05, 3.63) is 0 Å². The second-order valence-corrected chi connectivity index (χ2v) is 5.33. The van der Waals surface area contributed by atoms with Gasteiger partial charge in [-0.25, -0.2) is 0 Å². The van der Waals surface area contributed by atoms with Gasteiger partial charge in [0.05, 0.1) is 6.10 Å². The molecule has 0 aromatic rings. The maximum atomic E-state index is 9.44. The number of unbranched alkanes of at least 4 members (excludes halogenated alkanes) is 8. The first-order chi connectivity index (χ1) is 9.31. The van der Waals surface area contributed by atoms with Crippen molar-refractivity contribution in [2.24, 2.45) is 0 Å². The van der Waals surface area contributed by atoms with Crippen LogP contribution in [0.25, 0.3) is 0 Å². The third-order valence-corrected chi connectivity index (χ3v) is 3.49. The second kappa shape index (κ2) is 15.9. The van der Waals surface area contributed by atoms with Gasteiger partial charge in [0.15, 0.2) is 0 Å². The van der Waals surface area contributed by atoms with E-state index in [1.165, 1.54) is 51.4 Å². The third kappa shape index (κ3) is 15.8. The average molecular weight is 274 g/mol. The largest absolute Gasteiger partial charge is 0.396 e. The molecule has 0 aliphatic carbocycles. The lowest BCUT2D eigenvalue weighted by atomic mass is 10.0. The van der Waals surface area contributed by atoms with Gasteiger partial charge in [0, 0.05) is 19.8 Å². The van der Waals surface area contributed by atoms with Crippen molar-refractivity contribution in [3.63, 3.8) is 0 Å². The van der Waals surface area contributed by atoms with Gasteiger partial charge in [-0.05, 0) is 26.2 Å². The lowest BCUT2D eigenvalue weighted by Gasteiger charge is -2.08. The maximum Gasteiger partial charge on any atom is 0.0562 e. The van der Waals surface area contributed by atoms with Crippen molar-refractivity contribution in [1.82, 2.24) is 0 Å². The number of hydrogen-bond acceptors (Lipinski definition) is 3. The van der Waals surface area contributed by atoms with Gasteiger partial charge in [-0.15, -0.1) is 0 Å². The van der Waals surface area contributed by atoms with Crippen LogP contribution in [0, 0.1) is 0 Å². The summed E-state index contributed by atoms with van der Waals surface area (Å²) in [6.45, 7) is 3.91. The molecular formula is C16H34O3. The minimum absolute atomic E-state index is 0.102. The summed E-state index contributed by atoms with van der Waals surface area (Å²) in [5.74, 6) is 0. The topological polar surface area (TPSA) is 49.7 Å². The van der Waals surface area contributed by atoms with Gasteiger partial charge in [-0.3, -0.25) is 0 Å². The van der Waals surface area contributed by atoms with E-state index >= 15 is 0 Å². The molecule has 0 radical (unpaired) electrons. The summed E-state index contributed by atoms with van der Waals surface area (Å²) in [5, 5.41) is 18.1. The molecule has 0 rings (SSSR count). The van der Waals surface area contributed by atoms with Gasteiger partial charge in [0.2, 0.25) is 0 Å². The summed E-state index contributed by atoms with van der Waals surface area (Å²) in [7, 11) is 0. The smallest absolute Gasteiger partial charge is 0.0562 e. The van der Waals surface area contributed by atoms with E-state index in [1.807, 2.05) is 6.92 Å². The van der Waals surface area contributed by atoms with Crippen LogP contribution in [0.5, 0.6) is 0 Å². The number of aliphatic hydroxyl groups excluding tert-OH is 2. The molecule has 19 heavy (non-hydrogen) atoms. The molecule has 3 nitrogen and oxygen atoms in total. The average Bonchev–Trinajstić information content (AvgIpc) is 2.40. The van der Waals surface area contributed by atoms with Gasteiger partial charge in [0.25, 0.3) is 0 Å². The Kier molecular flexibility index (Phi) is 15.8. The molecule has 0 amide bonds. The van der Waals surface area contributed by atoms with Crippen LogP contribution in [-0.4, -0.2) is 36.1 Å². The zero-order valence-electron chi connectivity index (χ0n) is 12.8. The molecule has 2 N–H and O–H groups in total. The Morgan fingerprint density at radius 1 is 0.789 bits per heavy atom. The zero-order chi connectivity index (χ0) is 14.2. The van der Waals surface area contributed by atoms with Gasteiger partial charge in [0.1, 0.15) is 0 Å². The van der Waals surface area contributed by atoms with Crippen LogP contribution in [0.1, 0.15) is 77.6 Å². The number of hydrogen-bond donors (Lipinski definition) is 2. The molecule has 3 heteroatoms. The van der Waals surface area contributed by atoms with E-state index in [2.05, 4.69) is 0 Å². The van der Waals surface area contributed by atoms with Gasteiger partial charge in [-0.2, -0.15) is 0 Å². The van der Waals surface area contributed by atoms with Crippen molar-refractivity contribution in [3.8, 4) is 0 Å². The monoisotopic (exact) mass is 274 g/mol. The Labute approximate surface area is 119 Å². The van der Waals surface area contributed by atoms with Crippen molar-refractivity contribution in [1.29, 1.82) is 0 Å². The fraction of sp³-hybridized carbons (Fsp3) is 1.00. The van der Waals surface area contributed by atoms with E-state index < -0.39 is 0 Å². The first-order valence-electron chi connectivity index (χ1n) is 8.18. The van der Waals surface area contributed by atoms with E-state index in [0.717, 1.165) is 26.1 Å². The Morgan fingerprint density at radius 2 is 1.32 bits per heavy atom. The van der Waals surface area contributed by atoms with Gasteiger partial charge in [-0.1, -0.05) is 51.4 Å². The summed E-state index contributed by atoms with van der Waals surface area (Å²) >= 11 is 0. The van der Waals surface area contributed by atoms with Crippen LogP contribution in [0.2, 0.25) is 0 Å². The van der Waals surface area contributed by atoms with E-state index in [-0.39, 0.29) is 12.7 Å². The van der Waals surface area contributed by atoms with E-state index in [1.54, 1.807) is 0 Å². The molecule has 0 aliphatic rings. The third-order valence-electron chi connectivity index (χ3n) is 3.49. The summed E-state index contributed by atoms with van der Waals surface area (Å²) in [5.41, 5.74) is 0. The Morgan fingerprint density at radius 3 is 1.84 bits per heavy atom. The summed E-state index contributed by atoms with van der Waals surface area (Å²) in [4.78, 5) is 0. The molecular weight excluding hydrogens is 240 g/mol. The first kappa shape index (κ1) is 18.9. The Balaban J connectivity index is 2.99. The highest BCUT2D eigenvalue weighted by Crippen LogP contribution is 2.12. The number of rotatable bonds is 15. The molecule has 0 bridgehead atoms. The normalized spacial score (nSPS) is 12.8. The first-order valence-corrected chi connectivity index (χ1v) is 8.18. The molecule has 0 aromatic heterocycles. The summed E-state index contributed by atoms with van der Waals surface area (Å²) in [6, 6.07) is 0. The lowest BCUT2D eigenvalue weighted by molar-refractivity contribution is 0.122. The van der Waals surface area contributed by atoms with E-state index in [4.69, 9.17) is 9.84 Å². The van der Waals surface area contributed by atoms with Crippen LogP contribution in [-0.2, 0) is 4.74 Å². The highest BCUT2D eigenvalue weighted by molar-refractivity contribution is 4.55. The molecule has 1 atom stereocenters. The summed E-state index contributed by atoms with van der Waals surface area (Å²) in [6.07, 6.45) is 12.5. The summed E-state index contributed by atoms with van der Waals surface area (Å²) < 4.78 is 5.31. The van der Waals surface area contributed by atoms with Crippen molar-refractivity contribution < 1.29 is 14.9 Å². The number of ether oxygens (including phenoxy) is 1. The molecule has 0 aliphatic heterocycles. The SMILES string of the molecule is CCOCCCCCCCCCCCC(O)CCO. The minimum Gasteiger partial charge on any atom is -0.396 e. The molecule has 0 spiro atoms. The van der Waals surface area contributed by atoms with Crippen LogP contribution >= 0.6 is 0 Å². The standard InChI is InChI=1S/C16H34O3/c1-2-19-15-11-9-7-5-3-4-6-8-10-12-16(18)13-14-17/h16-18H,2-15H2,1H3. The number of aliphatic hydroxyl groups is 2. The van der Waals surface area contributed by atoms with Crippen LogP contribution < -0.4 is 0 Å². The van der Waals surface area contributed by atoms with Gasteiger partial charge >= 0.3 is 0 Å². The second-order valence-electron chi connectivity index (χ2n) is 5.33. The van der Waals surface area contributed by atoms with Crippen molar-refractivity contribution in [2.45, 2.75) is 83.7 Å². The highest BCUT2D eigenvalue weighted by Gasteiger charge is 2.02. The van der Waals surface area contributed by atoms with Gasteiger partial charge < -0.3 is 14.9 Å². The maximum absolute atomic E-state index is 9.44. The van der Waals surface area contributed by atoms with E-state index in [9.17, 15) is 5.11 Å². The van der Waals surface area contributed by atoms with Crippen LogP contribution in [0.15, 0.2) is 0 Å². The predicted octanol–water partition coefficient (Wildman–Crippen LogP) is 3.67. The fourth-order valence-electron chi connectivity index (χ4n) is 2.26.